The van der Waals surface area contributed by atoms with Crippen LogP contribution in [0.3, 0.4) is 0 Å². The second kappa shape index (κ2) is 10.6. The van der Waals surface area contributed by atoms with Crippen LogP contribution in [0.4, 0.5) is 0 Å². The highest BCUT2D eigenvalue weighted by Crippen LogP contribution is 2.25. The Morgan fingerprint density at radius 1 is 1.00 bits per heavy atom. The van der Waals surface area contributed by atoms with E-state index in [2.05, 4.69) is 0 Å². The highest BCUT2D eigenvalue weighted by molar-refractivity contribution is 5.69. The summed E-state index contributed by atoms with van der Waals surface area (Å²) in [6.07, 6.45) is -4.23. The molecule has 0 amide bonds. The van der Waals surface area contributed by atoms with Crippen LogP contribution < -0.4 is 0 Å². The first-order valence-corrected chi connectivity index (χ1v) is 8.42. The van der Waals surface area contributed by atoms with E-state index >= 15 is 0 Å². The van der Waals surface area contributed by atoms with Crippen molar-refractivity contribution in [1.29, 1.82) is 0 Å². The number of carbonyl (C=O) groups is 2. The summed E-state index contributed by atoms with van der Waals surface area (Å²) in [5.41, 5.74) is 0. The molecule has 2 N–H and O–H groups in total. The van der Waals surface area contributed by atoms with Crippen LogP contribution in [0, 0.1) is 0 Å². The average Bonchev–Trinajstić information content (AvgIpc) is 2.53. The van der Waals surface area contributed by atoms with Gasteiger partial charge in [-0.25, -0.2) is 0 Å². The molecule has 0 aromatic heterocycles. The largest absolute Gasteiger partial charge is 0.463 e. The Balaban J connectivity index is 2.76. The molecule has 140 valence electrons. The summed E-state index contributed by atoms with van der Waals surface area (Å²) in [5.74, 6) is -0.939. The first-order valence-electron chi connectivity index (χ1n) is 8.42. The van der Waals surface area contributed by atoms with E-state index in [4.69, 9.17) is 18.9 Å². The molecular weight excluding hydrogens is 320 g/mol. The fraction of sp³-hybridized carbons (Fsp3) is 0.875. The van der Waals surface area contributed by atoms with Gasteiger partial charge < -0.3 is 29.2 Å². The van der Waals surface area contributed by atoms with Crippen molar-refractivity contribution in [1.82, 2.24) is 0 Å². The van der Waals surface area contributed by atoms with Crippen molar-refractivity contribution in [3.63, 3.8) is 0 Å². The van der Waals surface area contributed by atoms with Gasteiger partial charge in [-0.15, -0.1) is 0 Å². The van der Waals surface area contributed by atoms with E-state index in [9.17, 15) is 19.8 Å². The Hall–Kier alpha value is -1.22. The fourth-order valence-corrected chi connectivity index (χ4v) is 2.35. The molecule has 0 bridgehead atoms. The van der Waals surface area contributed by atoms with Crippen molar-refractivity contribution >= 4 is 11.9 Å². The topological polar surface area (TPSA) is 112 Å². The Bertz CT molecular complexity index is 400. The number of hydrogen-bond acceptors (Lipinski definition) is 8. The maximum atomic E-state index is 11.7. The third-order valence-corrected chi connectivity index (χ3v) is 3.56. The van der Waals surface area contributed by atoms with Gasteiger partial charge >= 0.3 is 11.9 Å². The minimum absolute atomic E-state index is 0.173. The number of carbonyl (C=O) groups excluding carboxylic acids is 2. The molecule has 0 aromatic carbocycles. The molecular formula is C16H28O8. The predicted molar refractivity (Wildman–Crippen MR) is 83.0 cm³/mol. The average molecular weight is 348 g/mol. The summed E-state index contributed by atoms with van der Waals surface area (Å²) in [6, 6.07) is 0. The van der Waals surface area contributed by atoms with E-state index in [1.807, 2.05) is 13.8 Å². The summed E-state index contributed by atoms with van der Waals surface area (Å²) in [7, 11) is 0. The third kappa shape index (κ3) is 6.01. The molecule has 8 heteroatoms. The molecule has 0 saturated carbocycles. The van der Waals surface area contributed by atoms with Crippen molar-refractivity contribution < 1.29 is 38.7 Å². The lowest BCUT2D eigenvalue weighted by molar-refractivity contribution is -0.303. The molecule has 24 heavy (non-hydrogen) atoms. The van der Waals surface area contributed by atoms with Gasteiger partial charge in [0.05, 0.1) is 0 Å². The predicted octanol–water partition coefficient (Wildman–Crippen LogP) is 0.525. The van der Waals surface area contributed by atoms with Crippen LogP contribution in [-0.4, -0.2) is 66.1 Å². The first-order chi connectivity index (χ1) is 11.4. The molecule has 1 heterocycles. The van der Waals surface area contributed by atoms with Crippen LogP contribution >= 0.6 is 0 Å². The quantitative estimate of drug-likeness (QED) is 0.580. The SMILES string of the molecule is CCCC(=O)OC[C@H]1O[C@@H](OCC)[C@H](O)[C@@H](OC(=O)CCC)[C@@H]1O. The van der Waals surface area contributed by atoms with E-state index in [1.54, 1.807) is 6.92 Å². The van der Waals surface area contributed by atoms with Gasteiger partial charge in [-0.05, 0) is 19.8 Å². The summed E-state index contributed by atoms with van der Waals surface area (Å²) >= 11 is 0. The lowest BCUT2D eigenvalue weighted by Gasteiger charge is -2.41. The van der Waals surface area contributed by atoms with Crippen LogP contribution in [0.25, 0.3) is 0 Å². The third-order valence-electron chi connectivity index (χ3n) is 3.56. The van der Waals surface area contributed by atoms with Crippen molar-refractivity contribution in [2.24, 2.45) is 0 Å². The number of ether oxygens (including phenoxy) is 4. The van der Waals surface area contributed by atoms with E-state index < -0.39 is 42.6 Å². The van der Waals surface area contributed by atoms with E-state index in [0.717, 1.165) is 0 Å². The lowest BCUT2D eigenvalue weighted by Crippen LogP contribution is -2.60. The van der Waals surface area contributed by atoms with E-state index in [1.165, 1.54) is 0 Å². The van der Waals surface area contributed by atoms with Gasteiger partial charge in [0.2, 0.25) is 0 Å². The Kier molecular flexibility index (Phi) is 9.20. The second-order valence-electron chi connectivity index (χ2n) is 5.62. The molecule has 1 saturated heterocycles. The molecule has 0 unspecified atom stereocenters. The van der Waals surface area contributed by atoms with Gasteiger partial charge in [0.15, 0.2) is 12.4 Å². The monoisotopic (exact) mass is 348 g/mol. The molecule has 0 spiro atoms. The molecule has 5 atom stereocenters. The first kappa shape index (κ1) is 20.8. The minimum Gasteiger partial charge on any atom is -0.463 e. The van der Waals surface area contributed by atoms with Crippen molar-refractivity contribution in [2.45, 2.75) is 77.2 Å². The van der Waals surface area contributed by atoms with Gasteiger partial charge in [0, 0.05) is 19.4 Å². The number of aliphatic hydroxyl groups is 2. The molecule has 1 rings (SSSR count). The van der Waals surface area contributed by atoms with E-state index in [-0.39, 0.29) is 26.1 Å². The molecule has 0 aromatic rings. The van der Waals surface area contributed by atoms with Gasteiger partial charge in [-0.2, -0.15) is 0 Å². The summed E-state index contributed by atoms with van der Waals surface area (Å²) in [4.78, 5) is 23.2. The number of rotatable bonds is 9. The smallest absolute Gasteiger partial charge is 0.306 e. The number of esters is 2. The highest BCUT2D eigenvalue weighted by Gasteiger charge is 2.47. The molecule has 8 nitrogen and oxygen atoms in total. The van der Waals surface area contributed by atoms with Gasteiger partial charge in [-0.3, -0.25) is 9.59 Å². The summed E-state index contributed by atoms with van der Waals surface area (Å²) in [5, 5.41) is 20.6. The van der Waals surface area contributed by atoms with Gasteiger partial charge in [-0.1, -0.05) is 13.8 Å². The molecule has 1 aliphatic heterocycles. The Morgan fingerprint density at radius 3 is 2.21 bits per heavy atom. The zero-order valence-electron chi connectivity index (χ0n) is 14.5. The number of aliphatic hydroxyl groups excluding tert-OH is 2. The highest BCUT2D eigenvalue weighted by atomic mass is 16.7. The zero-order valence-corrected chi connectivity index (χ0v) is 14.5. The fourth-order valence-electron chi connectivity index (χ4n) is 2.35. The van der Waals surface area contributed by atoms with Crippen LogP contribution in [0.2, 0.25) is 0 Å². The Labute approximate surface area is 142 Å². The van der Waals surface area contributed by atoms with Crippen LogP contribution in [0.5, 0.6) is 0 Å². The maximum absolute atomic E-state index is 11.7. The van der Waals surface area contributed by atoms with Gasteiger partial charge in [0.1, 0.15) is 24.9 Å². The molecule has 0 radical (unpaired) electrons. The normalized spacial score (nSPS) is 30.0. The Morgan fingerprint density at radius 2 is 1.62 bits per heavy atom. The molecule has 1 aliphatic rings. The van der Waals surface area contributed by atoms with Crippen molar-refractivity contribution in [3.8, 4) is 0 Å². The summed E-state index contributed by atoms with van der Waals surface area (Å²) < 4.78 is 21.0. The van der Waals surface area contributed by atoms with Crippen LogP contribution in [0.15, 0.2) is 0 Å². The van der Waals surface area contributed by atoms with Crippen LogP contribution in [-0.2, 0) is 28.5 Å². The van der Waals surface area contributed by atoms with Gasteiger partial charge in [0.25, 0.3) is 0 Å². The van der Waals surface area contributed by atoms with Crippen LogP contribution in [0.1, 0.15) is 46.5 Å². The minimum atomic E-state index is -1.33. The molecule has 0 aliphatic carbocycles. The second-order valence-corrected chi connectivity index (χ2v) is 5.62. The van der Waals surface area contributed by atoms with E-state index in [0.29, 0.717) is 12.8 Å². The summed E-state index contributed by atoms with van der Waals surface area (Å²) in [6.45, 7) is 5.43. The molecule has 1 fully saturated rings. The van der Waals surface area contributed by atoms with Crippen molar-refractivity contribution in [2.75, 3.05) is 13.2 Å². The lowest BCUT2D eigenvalue weighted by atomic mass is 9.99. The zero-order chi connectivity index (χ0) is 18.1. The number of hydrogen-bond donors (Lipinski definition) is 2. The maximum Gasteiger partial charge on any atom is 0.306 e. The standard InChI is InChI=1S/C16H28O8/c1-4-7-11(17)22-9-10-13(19)15(24-12(18)8-5-2)14(20)16(23-10)21-6-3/h10,13-16,19-20H,4-9H2,1-3H3/t10-,13-,14-,15+,16-/m1/s1. The van der Waals surface area contributed by atoms with Crippen molar-refractivity contribution in [3.05, 3.63) is 0 Å².